The Bertz CT molecular complexity index is 469. The van der Waals surface area contributed by atoms with Crippen molar-refractivity contribution in [2.24, 2.45) is 33.5 Å². The topological polar surface area (TPSA) is 54.4 Å². The minimum atomic E-state index is -0.901. The van der Waals surface area contributed by atoms with E-state index in [-0.39, 0.29) is 27.9 Å². The molecular formula is C12H14O3. The third kappa shape index (κ3) is 0.341. The first kappa shape index (κ1) is 8.31. The molecule has 4 aliphatic carbocycles. The summed E-state index contributed by atoms with van der Waals surface area (Å²) < 4.78 is 0. The van der Waals surface area contributed by atoms with E-state index in [0.717, 1.165) is 6.42 Å². The number of carbonyl (C=O) groups excluding carboxylic acids is 1. The molecule has 0 bridgehead atoms. The second-order valence-electron chi connectivity index (χ2n) is 6.40. The molecule has 0 amide bonds. The maximum atomic E-state index is 12.0. The van der Waals surface area contributed by atoms with E-state index in [2.05, 4.69) is 13.8 Å². The zero-order valence-corrected chi connectivity index (χ0v) is 9.13. The van der Waals surface area contributed by atoms with Crippen LogP contribution in [0.5, 0.6) is 0 Å². The van der Waals surface area contributed by atoms with Crippen LogP contribution < -0.4 is 0 Å². The fourth-order valence-electron chi connectivity index (χ4n) is 6.65. The van der Waals surface area contributed by atoms with Crippen LogP contribution in [-0.2, 0) is 9.59 Å². The number of carboxylic acids is 1. The molecule has 0 aromatic rings. The van der Waals surface area contributed by atoms with Gasteiger partial charge in [0.05, 0.1) is 0 Å². The Kier molecular flexibility index (Phi) is 0.821. The number of carbonyl (C=O) groups is 2. The van der Waals surface area contributed by atoms with Crippen molar-refractivity contribution >= 4 is 11.8 Å². The van der Waals surface area contributed by atoms with Crippen LogP contribution in [0.4, 0.5) is 0 Å². The molecule has 15 heavy (non-hydrogen) atoms. The van der Waals surface area contributed by atoms with Gasteiger partial charge in [0.15, 0.2) is 5.78 Å². The highest BCUT2D eigenvalue weighted by atomic mass is 16.4. The number of hydrogen-bond donors (Lipinski definition) is 1. The van der Waals surface area contributed by atoms with Crippen LogP contribution in [0.15, 0.2) is 0 Å². The van der Waals surface area contributed by atoms with Crippen LogP contribution >= 0.6 is 0 Å². The molecule has 1 N–H and O–H groups in total. The number of aliphatic carboxylic acids is 1. The van der Waals surface area contributed by atoms with Crippen molar-refractivity contribution in [3.05, 3.63) is 0 Å². The zero-order valence-electron chi connectivity index (χ0n) is 9.13. The van der Waals surface area contributed by atoms with E-state index >= 15 is 0 Å². The van der Waals surface area contributed by atoms with Crippen LogP contribution in [-0.4, -0.2) is 16.9 Å². The second kappa shape index (κ2) is 1.48. The predicted molar refractivity (Wildman–Crippen MR) is 51.0 cm³/mol. The third-order valence-corrected chi connectivity index (χ3v) is 7.08. The van der Waals surface area contributed by atoms with E-state index in [9.17, 15) is 14.7 Å². The van der Waals surface area contributed by atoms with Gasteiger partial charge in [0.2, 0.25) is 0 Å². The standard InChI is InChI=1S/C12H14O3/c1-9-4-5-7(13)6(8(14)15)10(2)11(9,3)12(5,9)10/h5-6H,4H2,1-3H3,(H,14,15). The lowest BCUT2D eigenvalue weighted by molar-refractivity contribution is -0.149. The van der Waals surface area contributed by atoms with Crippen molar-refractivity contribution in [2.75, 3.05) is 0 Å². The number of carboxylic acid groups (broad SMARTS) is 1. The van der Waals surface area contributed by atoms with Gasteiger partial charge in [0.1, 0.15) is 5.92 Å². The number of Topliss-reactive ketones (excluding diaryl/α,β-unsaturated/α-hetero) is 1. The molecule has 4 saturated carbocycles. The summed E-state index contributed by atoms with van der Waals surface area (Å²) in [6.45, 7) is 6.43. The second-order valence-corrected chi connectivity index (χ2v) is 6.40. The molecule has 80 valence electrons. The molecule has 0 radical (unpaired) electrons. The first-order valence-corrected chi connectivity index (χ1v) is 5.59. The highest BCUT2D eigenvalue weighted by molar-refractivity contribution is 6.09. The molecule has 3 heteroatoms. The average molecular weight is 206 g/mol. The quantitative estimate of drug-likeness (QED) is 0.658. The minimum absolute atomic E-state index is 0.0115. The van der Waals surface area contributed by atoms with Crippen LogP contribution in [0, 0.1) is 33.5 Å². The van der Waals surface area contributed by atoms with Crippen LogP contribution in [0.1, 0.15) is 27.2 Å². The molecule has 4 rings (SSSR count). The summed E-state index contributed by atoms with van der Waals surface area (Å²) in [7, 11) is 0. The van der Waals surface area contributed by atoms with Gasteiger partial charge >= 0.3 is 5.97 Å². The van der Waals surface area contributed by atoms with Crippen LogP contribution in [0.3, 0.4) is 0 Å². The summed E-state index contributed by atoms with van der Waals surface area (Å²) in [5.41, 5.74) is 0.307. The van der Waals surface area contributed by atoms with Crippen LogP contribution in [0.25, 0.3) is 0 Å². The Morgan fingerprint density at radius 1 is 1.40 bits per heavy atom. The average Bonchev–Trinajstić information content (AvgIpc) is 2.66. The highest BCUT2D eigenvalue weighted by Gasteiger charge is 3.17. The Morgan fingerprint density at radius 3 is 2.40 bits per heavy atom. The van der Waals surface area contributed by atoms with Gasteiger partial charge in [0.25, 0.3) is 0 Å². The maximum absolute atomic E-state index is 12.0. The summed E-state index contributed by atoms with van der Waals surface area (Å²) in [6.07, 6.45) is 0.932. The number of hydrogen-bond acceptors (Lipinski definition) is 2. The summed E-state index contributed by atoms with van der Waals surface area (Å²) in [6, 6.07) is 0. The smallest absolute Gasteiger partial charge is 0.314 e. The molecule has 1 spiro atoms. The first-order valence-electron chi connectivity index (χ1n) is 5.59. The predicted octanol–water partition coefficient (Wildman–Crippen LogP) is 1.32. The maximum Gasteiger partial charge on any atom is 0.314 e. The summed E-state index contributed by atoms with van der Waals surface area (Å²) >= 11 is 0. The van der Waals surface area contributed by atoms with Gasteiger partial charge in [-0.15, -0.1) is 0 Å². The lowest BCUT2D eigenvalue weighted by Crippen LogP contribution is -2.41. The highest BCUT2D eigenvalue weighted by Crippen LogP contribution is 3.17. The largest absolute Gasteiger partial charge is 0.481 e. The molecule has 0 saturated heterocycles. The third-order valence-electron chi connectivity index (χ3n) is 7.08. The Labute approximate surface area is 87.8 Å². The molecule has 4 fully saturated rings. The van der Waals surface area contributed by atoms with Gasteiger partial charge in [-0.25, -0.2) is 0 Å². The number of fused-ring (bicyclic) bond motifs is 2. The fraction of sp³-hybridized carbons (Fsp3) is 0.833. The Hall–Kier alpha value is -0.860. The van der Waals surface area contributed by atoms with Crippen LogP contribution in [0.2, 0.25) is 0 Å². The monoisotopic (exact) mass is 206 g/mol. The Balaban J connectivity index is 1.92. The van der Waals surface area contributed by atoms with E-state index in [0.29, 0.717) is 5.41 Å². The van der Waals surface area contributed by atoms with Crippen molar-refractivity contribution in [3.8, 4) is 0 Å². The number of ketones is 1. The normalized spacial score (nSPS) is 71.8. The van der Waals surface area contributed by atoms with Crippen molar-refractivity contribution in [2.45, 2.75) is 27.2 Å². The summed E-state index contributed by atoms with van der Waals surface area (Å²) in [5.74, 6) is -1.54. The SMILES string of the molecule is CC12CC3C(=O)C(C(=O)O)C4(C)C1(C)C324. The van der Waals surface area contributed by atoms with E-state index in [1.54, 1.807) is 0 Å². The molecule has 0 aromatic carbocycles. The molecule has 3 nitrogen and oxygen atoms in total. The van der Waals surface area contributed by atoms with Crippen molar-refractivity contribution in [1.29, 1.82) is 0 Å². The summed E-state index contributed by atoms with van der Waals surface area (Å²) in [4.78, 5) is 23.2. The van der Waals surface area contributed by atoms with Gasteiger partial charge in [-0.3, -0.25) is 9.59 Å². The van der Waals surface area contributed by atoms with E-state index in [1.807, 2.05) is 6.92 Å². The lowest BCUT2D eigenvalue weighted by Gasteiger charge is -2.44. The molecule has 0 aromatic heterocycles. The van der Waals surface area contributed by atoms with Gasteiger partial charge < -0.3 is 5.11 Å². The van der Waals surface area contributed by atoms with Crippen molar-refractivity contribution in [3.63, 3.8) is 0 Å². The molecule has 0 heterocycles. The Morgan fingerprint density at radius 2 is 2.00 bits per heavy atom. The van der Waals surface area contributed by atoms with E-state index in [1.165, 1.54) is 0 Å². The molecular weight excluding hydrogens is 192 g/mol. The van der Waals surface area contributed by atoms with Gasteiger partial charge in [0, 0.05) is 11.3 Å². The van der Waals surface area contributed by atoms with E-state index < -0.39 is 11.9 Å². The summed E-state index contributed by atoms with van der Waals surface area (Å²) in [5, 5.41) is 9.19. The first-order chi connectivity index (χ1) is 6.82. The fourth-order valence-corrected chi connectivity index (χ4v) is 6.65. The molecule has 4 aliphatic rings. The van der Waals surface area contributed by atoms with E-state index in [4.69, 9.17) is 0 Å². The van der Waals surface area contributed by atoms with Crippen molar-refractivity contribution < 1.29 is 14.7 Å². The van der Waals surface area contributed by atoms with Gasteiger partial charge in [-0.1, -0.05) is 20.8 Å². The number of rotatable bonds is 1. The van der Waals surface area contributed by atoms with Gasteiger partial charge in [-0.05, 0) is 22.7 Å². The van der Waals surface area contributed by atoms with Gasteiger partial charge in [-0.2, -0.15) is 0 Å². The van der Waals surface area contributed by atoms with Crippen molar-refractivity contribution in [1.82, 2.24) is 0 Å². The minimum Gasteiger partial charge on any atom is -0.481 e. The molecule has 6 unspecified atom stereocenters. The zero-order chi connectivity index (χ0) is 11.0. The molecule has 6 atom stereocenters. The molecule has 0 aliphatic heterocycles. The lowest BCUT2D eigenvalue weighted by atomic mass is 9.58.